The number of nitrogens with two attached hydrogens (primary N) is 1. The van der Waals surface area contributed by atoms with E-state index in [0.29, 0.717) is 12.5 Å². The van der Waals surface area contributed by atoms with E-state index in [1.54, 1.807) is 0 Å². The Morgan fingerprint density at radius 2 is 1.71 bits per heavy atom. The highest BCUT2D eigenvalue weighted by Crippen LogP contribution is 2.36. The minimum atomic E-state index is 0.0499. The molecule has 21 heavy (non-hydrogen) atoms. The molecule has 0 saturated carbocycles. The van der Waals surface area contributed by atoms with Crippen molar-refractivity contribution in [3.05, 3.63) is 48.0 Å². The average molecular weight is 284 g/mol. The zero-order valence-electron chi connectivity index (χ0n) is 13.8. The summed E-state index contributed by atoms with van der Waals surface area (Å²) in [6.45, 7) is 6.33. The van der Waals surface area contributed by atoms with Gasteiger partial charge in [-0.3, -0.25) is 0 Å². The summed E-state index contributed by atoms with van der Waals surface area (Å²) >= 11 is 0. The Hall–Kier alpha value is -1.38. The summed E-state index contributed by atoms with van der Waals surface area (Å²) in [5, 5.41) is 2.60. The lowest BCUT2D eigenvalue weighted by Gasteiger charge is -2.38. The Bertz CT molecular complexity index is 589. The highest BCUT2D eigenvalue weighted by molar-refractivity contribution is 5.83. The van der Waals surface area contributed by atoms with E-state index in [1.165, 1.54) is 16.3 Å². The fourth-order valence-electron chi connectivity index (χ4n) is 3.14. The third-order valence-corrected chi connectivity index (χ3v) is 4.80. The lowest BCUT2D eigenvalue weighted by molar-refractivity contribution is 0.253. The maximum atomic E-state index is 6.25. The largest absolute Gasteiger partial charge is 0.330 e. The van der Waals surface area contributed by atoms with Crippen molar-refractivity contribution in [3.63, 3.8) is 0 Å². The van der Waals surface area contributed by atoms with E-state index >= 15 is 0 Å². The zero-order chi connectivity index (χ0) is 15.5. The normalized spacial score (nSPS) is 14.8. The molecule has 0 amide bonds. The van der Waals surface area contributed by atoms with Gasteiger partial charge in [0.05, 0.1) is 0 Å². The van der Waals surface area contributed by atoms with Crippen LogP contribution in [0.15, 0.2) is 42.5 Å². The van der Waals surface area contributed by atoms with Gasteiger partial charge in [0, 0.05) is 12.0 Å². The van der Waals surface area contributed by atoms with Gasteiger partial charge in [0.25, 0.3) is 0 Å². The van der Waals surface area contributed by atoms with Gasteiger partial charge in [0.1, 0.15) is 0 Å². The van der Waals surface area contributed by atoms with Crippen LogP contribution in [0.1, 0.15) is 25.8 Å². The van der Waals surface area contributed by atoms with Crippen LogP contribution >= 0.6 is 0 Å². The van der Waals surface area contributed by atoms with Crippen LogP contribution in [0.3, 0.4) is 0 Å². The molecule has 1 atom stereocenters. The predicted molar refractivity (Wildman–Crippen MR) is 92.7 cm³/mol. The quantitative estimate of drug-likeness (QED) is 0.877. The third-order valence-electron chi connectivity index (χ3n) is 4.80. The van der Waals surface area contributed by atoms with Crippen molar-refractivity contribution in [2.24, 2.45) is 11.7 Å². The van der Waals surface area contributed by atoms with Crippen LogP contribution in [0, 0.1) is 5.92 Å². The topological polar surface area (TPSA) is 29.3 Å². The molecule has 2 N–H and O–H groups in total. The molecular weight excluding hydrogens is 256 g/mol. The smallest absolute Gasteiger partial charge is 0.0111 e. The molecule has 0 unspecified atom stereocenters. The van der Waals surface area contributed by atoms with Crippen molar-refractivity contribution in [2.45, 2.75) is 25.7 Å². The third kappa shape index (κ3) is 3.28. The van der Waals surface area contributed by atoms with E-state index in [9.17, 15) is 0 Å². The van der Waals surface area contributed by atoms with Crippen molar-refractivity contribution >= 4 is 10.8 Å². The van der Waals surface area contributed by atoms with Gasteiger partial charge in [-0.05, 0) is 49.3 Å². The molecule has 114 valence electrons. The van der Waals surface area contributed by atoms with Crippen LogP contribution < -0.4 is 5.73 Å². The summed E-state index contributed by atoms with van der Waals surface area (Å²) in [6.07, 6.45) is 1.09. The number of benzene rings is 2. The number of fused-ring (bicyclic) bond motifs is 1. The molecule has 0 aliphatic rings. The standard InChI is InChI=1S/C19H28N2/c1-15(2)19(14-20,11-12-21(3)4)18-10-9-16-7-5-6-8-17(16)13-18/h5-10,13,15H,11-12,14,20H2,1-4H3/t19-/m1/s1. The van der Waals surface area contributed by atoms with Gasteiger partial charge in [-0.1, -0.05) is 56.3 Å². The zero-order valence-corrected chi connectivity index (χ0v) is 13.8. The monoisotopic (exact) mass is 284 g/mol. The fourth-order valence-corrected chi connectivity index (χ4v) is 3.14. The van der Waals surface area contributed by atoms with Gasteiger partial charge >= 0.3 is 0 Å². The van der Waals surface area contributed by atoms with Crippen molar-refractivity contribution in [1.29, 1.82) is 0 Å². The second-order valence-corrected chi connectivity index (χ2v) is 6.63. The number of hydrogen-bond acceptors (Lipinski definition) is 2. The minimum Gasteiger partial charge on any atom is -0.330 e. The number of hydrogen-bond donors (Lipinski definition) is 1. The maximum absolute atomic E-state index is 6.25. The second-order valence-electron chi connectivity index (χ2n) is 6.63. The molecule has 0 fully saturated rings. The van der Waals surface area contributed by atoms with Gasteiger partial charge in [0.15, 0.2) is 0 Å². The molecule has 0 heterocycles. The first-order chi connectivity index (χ1) is 9.99. The first-order valence-electron chi connectivity index (χ1n) is 7.83. The summed E-state index contributed by atoms with van der Waals surface area (Å²) in [4.78, 5) is 2.24. The summed E-state index contributed by atoms with van der Waals surface area (Å²) in [5.41, 5.74) is 7.68. The maximum Gasteiger partial charge on any atom is 0.0111 e. The SMILES string of the molecule is CC(C)[C@](CN)(CCN(C)C)c1ccc2ccccc2c1. The molecule has 2 aromatic carbocycles. The molecule has 0 radical (unpaired) electrons. The Kier molecular flexibility index (Phi) is 5.02. The average Bonchev–Trinajstić information content (AvgIpc) is 2.47. The van der Waals surface area contributed by atoms with E-state index in [0.717, 1.165) is 13.0 Å². The van der Waals surface area contributed by atoms with E-state index in [2.05, 4.69) is 75.3 Å². The van der Waals surface area contributed by atoms with Crippen molar-refractivity contribution in [3.8, 4) is 0 Å². The first kappa shape index (κ1) is 16.0. The molecule has 2 heteroatoms. The molecule has 0 saturated heterocycles. The Morgan fingerprint density at radius 3 is 2.29 bits per heavy atom. The predicted octanol–water partition coefficient (Wildman–Crippen LogP) is 3.64. The summed E-state index contributed by atoms with van der Waals surface area (Å²) < 4.78 is 0. The highest BCUT2D eigenvalue weighted by Gasteiger charge is 2.34. The summed E-state index contributed by atoms with van der Waals surface area (Å²) in [7, 11) is 4.25. The molecule has 2 nitrogen and oxygen atoms in total. The molecule has 0 bridgehead atoms. The lowest BCUT2D eigenvalue weighted by Crippen LogP contribution is -2.42. The molecule has 0 aliphatic carbocycles. The van der Waals surface area contributed by atoms with E-state index in [1.807, 2.05) is 0 Å². The van der Waals surface area contributed by atoms with Gasteiger partial charge in [-0.2, -0.15) is 0 Å². The number of nitrogens with zero attached hydrogens (tertiary/aromatic N) is 1. The molecule has 2 aromatic rings. The fraction of sp³-hybridized carbons (Fsp3) is 0.474. The Morgan fingerprint density at radius 1 is 1.05 bits per heavy atom. The molecule has 2 rings (SSSR count). The lowest BCUT2D eigenvalue weighted by atomic mass is 9.69. The number of rotatable bonds is 6. The summed E-state index contributed by atoms with van der Waals surface area (Å²) in [5.74, 6) is 0.517. The van der Waals surface area contributed by atoms with Crippen LogP contribution in [0.4, 0.5) is 0 Å². The van der Waals surface area contributed by atoms with Gasteiger partial charge in [-0.15, -0.1) is 0 Å². The van der Waals surface area contributed by atoms with E-state index in [-0.39, 0.29) is 5.41 Å². The molecule has 0 aromatic heterocycles. The summed E-state index contributed by atoms with van der Waals surface area (Å²) in [6, 6.07) is 15.4. The van der Waals surface area contributed by atoms with Crippen molar-refractivity contribution < 1.29 is 0 Å². The highest BCUT2D eigenvalue weighted by atomic mass is 15.0. The molecular formula is C19H28N2. The van der Waals surface area contributed by atoms with Gasteiger partial charge < -0.3 is 10.6 Å². The second kappa shape index (κ2) is 6.59. The van der Waals surface area contributed by atoms with Gasteiger partial charge in [0.2, 0.25) is 0 Å². The van der Waals surface area contributed by atoms with Crippen LogP contribution in [-0.4, -0.2) is 32.1 Å². The van der Waals surface area contributed by atoms with Crippen molar-refractivity contribution in [1.82, 2.24) is 4.90 Å². The minimum absolute atomic E-state index is 0.0499. The molecule has 0 aliphatic heterocycles. The van der Waals surface area contributed by atoms with E-state index < -0.39 is 0 Å². The van der Waals surface area contributed by atoms with Crippen LogP contribution in [-0.2, 0) is 5.41 Å². The van der Waals surface area contributed by atoms with E-state index in [4.69, 9.17) is 5.73 Å². The Balaban J connectivity index is 2.46. The van der Waals surface area contributed by atoms with Gasteiger partial charge in [-0.25, -0.2) is 0 Å². The van der Waals surface area contributed by atoms with Crippen LogP contribution in [0.5, 0.6) is 0 Å². The van der Waals surface area contributed by atoms with Crippen molar-refractivity contribution in [2.75, 3.05) is 27.2 Å². The molecule has 0 spiro atoms. The van der Waals surface area contributed by atoms with Crippen LogP contribution in [0.2, 0.25) is 0 Å². The van der Waals surface area contributed by atoms with Crippen LogP contribution in [0.25, 0.3) is 10.8 Å². The first-order valence-corrected chi connectivity index (χ1v) is 7.83. The Labute approximate surface area is 128 Å².